The molecular weight excluding hydrogens is 416 g/mol. The number of rotatable bonds is 10. The first-order chi connectivity index (χ1) is 15.1. The predicted octanol–water partition coefficient (Wildman–Crippen LogP) is -0.750. The number of hydrogen-bond donors (Lipinski definition) is 5. The highest BCUT2D eigenvalue weighted by atomic mass is 16.4. The van der Waals surface area contributed by atoms with Crippen LogP contribution in [0.1, 0.15) is 32.3 Å². The maximum absolute atomic E-state index is 12.9. The number of aliphatic hydroxyl groups is 1. The second-order valence-corrected chi connectivity index (χ2v) is 8.30. The molecule has 0 aromatic heterocycles. The van der Waals surface area contributed by atoms with Crippen molar-refractivity contribution in [1.82, 2.24) is 15.5 Å². The molecule has 176 valence electrons. The number of nitrogens with one attached hydrogen (secondary N) is 2. The molecule has 1 aromatic rings. The van der Waals surface area contributed by atoms with Crippen LogP contribution in [0, 0.1) is 5.92 Å². The van der Waals surface area contributed by atoms with Crippen molar-refractivity contribution in [1.29, 1.82) is 0 Å². The summed E-state index contributed by atoms with van der Waals surface area (Å²) in [6, 6.07) is 4.87. The lowest BCUT2D eigenvalue weighted by Crippen LogP contribution is -2.58. The van der Waals surface area contributed by atoms with Gasteiger partial charge < -0.3 is 31.5 Å². The van der Waals surface area contributed by atoms with Crippen molar-refractivity contribution in [3.05, 3.63) is 35.9 Å². The molecule has 0 aliphatic carbocycles. The fourth-order valence-corrected chi connectivity index (χ4v) is 3.69. The molecule has 1 saturated heterocycles. The van der Waals surface area contributed by atoms with E-state index < -0.39 is 54.5 Å². The van der Waals surface area contributed by atoms with Crippen LogP contribution in [0.15, 0.2) is 30.3 Å². The molecule has 4 atom stereocenters. The molecule has 0 saturated carbocycles. The van der Waals surface area contributed by atoms with E-state index in [0.717, 1.165) is 5.56 Å². The molecule has 2 rings (SSSR count). The number of carboxylic acids is 1. The Hall–Kier alpha value is -2.98. The zero-order chi connectivity index (χ0) is 23.8. The quantitative estimate of drug-likeness (QED) is 0.314. The summed E-state index contributed by atoms with van der Waals surface area (Å²) in [5, 5.41) is 23.9. The second-order valence-electron chi connectivity index (χ2n) is 8.30. The van der Waals surface area contributed by atoms with E-state index in [0.29, 0.717) is 19.4 Å². The highest BCUT2D eigenvalue weighted by Crippen LogP contribution is 2.19. The Morgan fingerprint density at radius 1 is 1.16 bits per heavy atom. The van der Waals surface area contributed by atoms with Crippen LogP contribution in [0.2, 0.25) is 0 Å². The summed E-state index contributed by atoms with van der Waals surface area (Å²) in [6.45, 7) is 3.27. The summed E-state index contributed by atoms with van der Waals surface area (Å²) in [5.41, 5.74) is 6.37. The van der Waals surface area contributed by atoms with Crippen molar-refractivity contribution >= 4 is 23.7 Å². The van der Waals surface area contributed by atoms with Crippen molar-refractivity contribution < 1.29 is 29.4 Å². The van der Waals surface area contributed by atoms with Crippen LogP contribution in [0.25, 0.3) is 0 Å². The first kappa shape index (κ1) is 25.3. The molecule has 0 radical (unpaired) electrons. The number of likely N-dealkylation sites (tertiary alicyclic amines) is 1. The average Bonchev–Trinajstić information content (AvgIpc) is 3.26. The van der Waals surface area contributed by atoms with Gasteiger partial charge in [0.25, 0.3) is 0 Å². The molecule has 10 heteroatoms. The molecule has 1 fully saturated rings. The lowest BCUT2D eigenvalue weighted by Gasteiger charge is -2.29. The van der Waals surface area contributed by atoms with E-state index in [1.165, 1.54) is 4.90 Å². The number of nitrogens with zero attached hydrogens (tertiary/aromatic N) is 1. The topological polar surface area (TPSA) is 162 Å². The zero-order valence-corrected chi connectivity index (χ0v) is 18.4. The number of amides is 3. The number of carboxylic acid groups (broad SMARTS) is 1. The standard InChI is InChI=1S/C22H32N4O6/c1-13(2)18(20(29)24-16(22(31)32)11-14-7-4-3-5-8-14)25-19(28)17-9-6-10-26(17)21(30)15(23)12-27/h3-5,7-8,13,15-18,27H,6,9-12,23H2,1-2H3,(H,24,29)(H,25,28)(H,31,32). The van der Waals surface area contributed by atoms with Gasteiger partial charge in [-0.15, -0.1) is 0 Å². The maximum atomic E-state index is 12.9. The van der Waals surface area contributed by atoms with E-state index in [1.54, 1.807) is 38.1 Å². The summed E-state index contributed by atoms with van der Waals surface area (Å²) >= 11 is 0. The van der Waals surface area contributed by atoms with E-state index >= 15 is 0 Å². The number of benzene rings is 1. The number of aliphatic hydroxyl groups excluding tert-OH is 1. The molecule has 1 aromatic carbocycles. The normalized spacial score (nSPS) is 18.7. The Morgan fingerprint density at radius 2 is 1.81 bits per heavy atom. The number of hydrogen-bond acceptors (Lipinski definition) is 6. The maximum Gasteiger partial charge on any atom is 0.326 e. The molecule has 1 heterocycles. The van der Waals surface area contributed by atoms with Gasteiger partial charge >= 0.3 is 5.97 Å². The van der Waals surface area contributed by atoms with Gasteiger partial charge in [0.2, 0.25) is 17.7 Å². The van der Waals surface area contributed by atoms with Gasteiger partial charge in [0.05, 0.1) is 6.61 Å². The zero-order valence-electron chi connectivity index (χ0n) is 18.4. The molecular formula is C22H32N4O6. The average molecular weight is 449 g/mol. The summed E-state index contributed by atoms with van der Waals surface area (Å²) in [4.78, 5) is 51.2. The van der Waals surface area contributed by atoms with Crippen LogP contribution >= 0.6 is 0 Å². The number of carbonyl (C=O) groups is 4. The van der Waals surface area contributed by atoms with E-state index in [-0.39, 0.29) is 12.3 Å². The van der Waals surface area contributed by atoms with Crippen LogP contribution in [0.5, 0.6) is 0 Å². The highest BCUT2D eigenvalue weighted by molar-refractivity contribution is 5.94. The molecule has 32 heavy (non-hydrogen) atoms. The van der Waals surface area contributed by atoms with Crippen molar-refractivity contribution in [3.8, 4) is 0 Å². The smallest absolute Gasteiger partial charge is 0.326 e. The lowest BCUT2D eigenvalue weighted by molar-refractivity contribution is -0.143. The van der Waals surface area contributed by atoms with Crippen LogP contribution < -0.4 is 16.4 Å². The minimum absolute atomic E-state index is 0.102. The van der Waals surface area contributed by atoms with Gasteiger partial charge in [-0.1, -0.05) is 44.2 Å². The van der Waals surface area contributed by atoms with Gasteiger partial charge in [0, 0.05) is 13.0 Å². The van der Waals surface area contributed by atoms with Crippen LogP contribution in [-0.2, 0) is 25.6 Å². The third-order valence-corrected chi connectivity index (χ3v) is 5.50. The van der Waals surface area contributed by atoms with Gasteiger partial charge in [0.1, 0.15) is 24.2 Å². The number of carbonyl (C=O) groups excluding carboxylic acids is 3. The Bertz CT molecular complexity index is 816. The van der Waals surface area contributed by atoms with Crippen LogP contribution in [0.4, 0.5) is 0 Å². The van der Waals surface area contributed by atoms with Gasteiger partial charge in [-0.05, 0) is 24.3 Å². The van der Waals surface area contributed by atoms with Gasteiger partial charge in [-0.2, -0.15) is 0 Å². The van der Waals surface area contributed by atoms with Gasteiger partial charge in [-0.3, -0.25) is 14.4 Å². The highest BCUT2D eigenvalue weighted by Gasteiger charge is 2.38. The van der Waals surface area contributed by atoms with Crippen LogP contribution in [-0.4, -0.2) is 76.1 Å². The van der Waals surface area contributed by atoms with Crippen molar-refractivity contribution in [3.63, 3.8) is 0 Å². The SMILES string of the molecule is CC(C)C(NC(=O)C1CCCN1C(=O)C(N)CO)C(=O)NC(Cc1ccccc1)C(=O)O. The molecule has 0 bridgehead atoms. The predicted molar refractivity (Wildman–Crippen MR) is 116 cm³/mol. The third-order valence-electron chi connectivity index (χ3n) is 5.50. The fraction of sp³-hybridized carbons (Fsp3) is 0.545. The first-order valence-corrected chi connectivity index (χ1v) is 10.7. The molecule has 10 nitrogen and oxygen atoms in total. The largest absolute Gasteiger partial charge is 0.480 e. The Labute approximate surface area is 187 Å². The number of aliphatic carboxylic acids is 1. The van der Waals surface area contributed by atoms with Crippen molar-refractivity contribution in [2.45, 2.75) is 57.3 Å². The third kappa shape index (κ3) is 6.51. The Morgan fingerprint density at radius 3 is 2.38 bits per heavy atom. The van der Waals surface area contributed by atoms with E-state index in [9.17, 15) is 24.3 Å². The molecule has 1 aliphatic rings. The van der Waals surface area contributed by atoms with Crippen LogP contribution in [0.3, 0.4) is 0 Å². The van der Waals surface area contributed by atoms with E-state index in [2.05, 4.69) is 10.6 Å². The summed E-state index contributed by atoms with van der Waals surface area (Å²) in [5.74, 6) is -3.15. The van der Waals surface area contributed by atoms with Crippen molar-refractivity contribution in [2.24, 2.45) is 11.7 Å². The summed E-state index contributed by atoms with van der Waals surface area (Å²) in [7, 11) is 0. The minimum Gasteiger partial charge on any atom is -0.480 e. The molecule has 4 unspecified atom stereocenters. The van der Waals surface area contributed by atoms with Crippen molar-refractivity contribution in [2.75, 3.05) is 13.2 Å². The van der Waals surface area contributed by atoms with Gasteiger partial charge in [0.15, 0.2) is 0 Å². The number of nitrogens with two attached hydrogens (primary N) is 1. The van der Waals surface area contributed by atoms with E-state index in [1.807, 2.05) is 6.07 Å². The second kappa shape index (κ2) is 11.6. The lowest BCUT2D eigenvalue weighted by atomic mass is 10.0. The Kier molecular flexibility index (Phi) is 9.15. The van der Waals surface area contributed by atoms with Gasteiger partial charge in [-0.25, -0.2) is 4.79 Å². The Balaban J connectivity index is 2.08. The van der Waals surface area contributed by atoms with E-state index in [4.69, 9.17) is 10.8 Å². The molecule has 0 spiro atoms. The molecule has 3 amide bonds. The molecule has 1 aliphatic heterocycles. The minimum atomic E-state index is -1.18. The monoisotopic (exact) mass is 448 g/mol. The summed E-state index contributed by atoms with van der Waals surface area (Å²) < 4.78 is 0. The first-order valence-electron chi connectivity index (χ1n) is 10.7. The molecule has 6 N–H and O–H groups in total. The summed E-state index contributed by atoms with van der Waals surface area (Å²) in [6.07, 6.45) is 1.11. The fourth-order valence-electron chi connectivity index (χ4n) is 3.69.